The minimum Gasteiger partial charge on any atom is -0.393 e. The van der Waals surface area contributed by atoms with Crippen LogP contribution in [0.2, 0.25) is 0 Å². The van der Waals surface area contributed by atoms with Gasteiger partial charge in [0.25, 0.3) is 0 Å². The molecule has 3 rings (SSSR count). The lowest BCUT2D eigenvalue weighted by atomic mass is 9.82. The quantitative estimate of drug-likeness (QED) is 0.752. The maximum absolute atomic E-state index is 12.3. The summed E-state index contributed by atoms with van der Waals surface area (Å²) in [5.41, 5.74) is 2.36. The van der Waals surface area contributed by atoms with Crippen molar-refractivity contribution in [3.8, 4) is 0 Å². The maximum Gasteiger partial charge on any atom is 0.241 e. The van der Waals surface area contributed by atoms with Gasteiger partial charge < -0.3 is 15.7 Å². The van der Waals surface area contributed by atoms with E-state index in [9.17, 15) is 9.90 Å². The molecule has 1 atom stereocenters. The van der Waals surface area contributed by atoms with Crippen molar-refractivity contribution in [2.45, 2.75) is 31.4 Å². The van der Waals surface area contributed by atoms with Gasteiger partial charge in [0.15, 0.2) is 0 Å². The van der Waals surface area contributed by atoms with Crippen molar-refractivity contribution >= 4 is 5.91 Å². The number of benzene rings is 1. The van der Waals surface area contributed by atoms with E-state index in [0.717, 1.165) is 31.4 Å². The fraction of sp³-hybridized carbons (Fsp3) is 0.533. The molecule has 0 saturated heterocycles. The minimum absolute atomic E-state index is 0.0496. The Morgan fingerprint density at radius 3 is 2.95 bits per heavy atom. The summed E-state index contributed by atoms with van der Waals surface area (Å²) in [5.74, 6) is 0.492. The molecule has 1 amide bonds. The van der Waals surface area contributed by atoms with Crippen LogP contribution in [0.3, 0.4) is 0 Å². The first-order valence-corrected chi connectivity index (χ1v) is 7.01. The number of hydrogen-bond donors (Lipinski definition) is 3. The summed E-state index contributed by atoms with van der Waals surface area (Å²) >= 11 is 0. The number of hydrogen-bond acceptors (Lipinski definition) is 3. The van der Waals surface area contributed by atoms with Gasteiger partial charge in [-0.05, 0) is 36.3 Å². The van der Waals surface area contributed by atoms with Gasteiger partial charge in [0.2, 0.25) is 5.91 Å². The van der Waals surface area contributed by atoms with E-state index in [0.29, 0.717) is 12.5 Å². The third-order valence-electron chi connectivity index (χ3n) is 4.15. The van der Waals surface area contributed by atoms with Crippen LogP contribution in [0.4, 0.5) is 0 Å². The second kappa shape index (κ2) is 5.31. The van der Waals surface area contributed by atoms with Gasteiger partial charge in [-0.3, -0.25) is 4.79 Å². The normalized spacial score (nSPS) is 29.2. The summed E-state index contributed by atoms with van der Waals surface area (Å²) in [6.07, 6.45) is 2.45. The van der Waals surface area contributed by atoms with E-state index in [1.54, 1.807) is 0 Å². The van der Waals surface area contributed by atoms with Crippen LogP contribution < -0.4 is 10.6 Å². The summed E-state index contributed by atoms with van der Waals surface area (Å²) < 4.78 is 0. The third-order valence-corrected chi connectivity index (χ3v) is 4.15. The number of nitrogens with one attached hydrogen (secondary N) is 2. The smallest absolute Gasteiger partial charge is 0.241 e. The summed E-state index contributed by atoms with van der Waals surface area (Å²) in [6.45, 7) is 1.52. The zero-order valence-electron chi connectivity index (χ0n) is 10.9. The Kier molecular flexibility index (Phi) is 3.53. The van der Waals surface area contributed by atoms with E-state index >= 15 is 0 Å². The first-order chi connectivity index (χ1) is 9.24. The molecule has 1 aromatic carbocycles. The molecular formula is C15H20N2O2. The number of carbonyl (C=O) groups is 1. The number of rotatable bonds is 3. The fourth-order valence-electron chi connectivity index (χ4n) is 2.95. The number of carbonyl (C=O) groups excluding carboxylic acids is 1. The Balaban J connectivity index is 1.61. The molecule has 1 aliphatic carbocycles. The fourth-order valence-corrected chi connectivity index (χ4v) is 2.95. The van der Waals surface area contributed by atoms with Crippen molar-refractivity contribution in [3.05, 3.63) is 35.4 Å². The lowest BCUT2D eigenvalue weighted by Gasteiger charge is -2.32. The molecule has 102 valence electrons. The van der Waals surface area contributed by atoms with Crippen LogP contribution in [0, 0.1) is 5.92 Å². The molecular weight excluding hydrogens is 240 g/mol. The molecule has 4 heteroatoms. The highest BCUT2D eigenvalue weighted by Gasteiger charge is 2.29. The van der Waals surface area contributed by atoms with Gasteiger partial charge in [-0.1, -0.05) is 24.3 Å². The first-order valence-electron chi connectivity index (χ1n) is 7.01. The average molecular weight is 260 g/mol. The van der Waals surface area contributed by atoms with Gasteiger partial charge in [-0.25, -0.2) is 0 Å². The highest BCUT2D eigenvalue weighted by atomic mass is 16.3. The Labute approximate surface area is 113 Å². The third kappa shape index (κ3) is 2.65. The second-order valence-electron chi connectivity index (χ2n) is 5.57. The lowest BCUT2D eigenvalue weighted by Crippen LogP contribution is -2.45. The van der Waals surface area contributed by atoms with Crippen molar-refractivity contribution in [1.82, 2.24) is 10.6 Å². The SMILES string of the molecule is O=C(NCC1CC(O)C1)C1NCCc2ccccc21. The summed E-state index contributed by atoms with van der Waals surface area (Å²) in [6, 6.07) is 7.90. The standard InChI is InChI=1S/C15H20N2O2/c18-12-7-10(8-12)9-17-15(19)14-13-4-2-1-3-11(13)5-6-16-14/h1-4,10,12,14,16,18H,5-9H2,(H,17,19). The van der Waals surface area contributed by atoms with Crippen LogP contribution in [0.15, 0.2) is 24.3 Å². The van der Waals surface area contributed by atoms with Crippen molar-refractivity contribution in [3.63, 3.8) is 0 Å². The summed E-state index contributed by atoms with van der Waals surface area (Å²) in [4.78, 5) is 12.3. The van der Waals surface area contributed by atoms with Gasteiger partial charge in [0, 0.05) is 13.1 Å². The molecule has 1 unspecified atom stereocenters. The average Bonchev–Trinajstić information content (AvgIpc) is 2.41. The maximum atomic E-state index is 12.3. The lowest BCUT2D eigenvalue weighted by molar-refractivity contribution is -0.124. The molecule has 1 aromatic rings. The van der Waals surface area contributed by atoms with E-state index in [-0.39, 0.29) is 18.1 Å². The molecule has 0 spiro atoms. The number of amides is 1. The molecule has 1 saturated carbocycles. The Hall–Kier alpha value is -1.39. The Morgan fingerprint density at radius 1 is 1.37 bits per heavy atom. The highest BCUT2D eigenvalue weighted by Crippen LogP contribution is 2.27. The molecule has 4 nitrogen and oxygen atoms in total. The number of aliphatic hydroxyl groups is 1. The van der Waals surface area contributed by atoms with E-state index in [4.69, 9.17) is 0 Å². The predicted molar refractivity (Wildman–Crippen MR) is 72.6 cm³/mol. The topological polar surface area (TPSA) is 61.4 Å². The van der Waals surface area contributed by atoms with E-state index < -0.39 is 0 Å². The van der Waals surface area contributed by atoms with Crippen LogP contribution >= 0.6 is 0 Å². The molecule has 0 bridgehead atoms. The second-order valence-corrected chi connectivity index (χ2v) is 5.57. The molecule has 3 N–H and O–H groups in total. The number of fused-ring (bicyclic) bond motifs is 1. The molecule has 1 fully saturated rings. The van der Waals surface area contributed by atoms with Crippen molar-refractivity contribution in [2.24, 2.45) is 5.92 Å². The van der Waals surface area contributed by atoms with Crippen LogP contribution in [0.1, 0.15) is 30.0 Å². The molecule has 0 radical (unpaired) electrons. The van der Waals surface area contributed by atoms with Gasteiger partial charge in [-0.2, -0.15) is 0 Å². The van der Waals surface area contributed by atoms with Crippen LogP contribution in [-0.2, 0) is 11.2 Å². The van der Waals surface area contributed by atoms with Gasteiger partial charge >= 0.3 is 0 Å². The van der Waals surface area contributed by atoms with Gasteiger partial charge in [0.05, 0.1) is 6.10 Å². The molecule has 19 heavy (non-hydrogen) atoms. The van der Waals surface area contributed by atoms with Crippen LogP contribution in [-0.4, -0.2) is 30.2 Å². The van der Waals surface area contributed by atoms with Gasteiger partial charge in [0.1, 0.15) is 6.04 Å². The van der Waals surface area contributed by atoms with Crippen molar-refractivity contribution < 1.29 is 9.90 Å². The summed E-state index contributed by atoms with van der Waals surface area (Å²) in [7, 11) is 0. The van der Waals surface area contributed by atoms with Crippen LogP contribution in [0.25, 0.3) is 0 Å². The monoisotopic (exact) mass is 260 g/mol. The Bertz CT molecular complexity index is 469. The molecule has 0 aromatic heterocycles. The van der Waals surface area contributed by atoms with Crippen LogP contribution in [0.5, 0.6) is 0 Å². The summed E-state index contributed by atoms with van der Waals surface area (Å²) in [5, 5.41) is 15.5. The van der Waals surface area contributed by atoms with Gasteiger partial charge in [-0.15, -0.1) is 0 Å². The van der Waals surface area contributed by atoms with E-state index in [1.165, 1.54) is 5.56 Å². The van der Waals surface area contributed by atoms with Crippen molar-refractivity contribution in [1.29, 1.82) is 0 Å². The Morgan fingerprint density at radius 2 is 2.16 bits per heavy atom. The molecule has 2 aliphatic rings. The minimum atomic E-state index is -0.227. The van der Waals surface area contributed by atoms with E-state index in [2.05, 4.69) is 16.7 Å². The molecule has 1 aliphatic heterocycles. The number of aliphatic hydroxyl groups excluding tert-OH is 1. The zero-order chi connectivity index (χ0) is 13.2. The zero-order valence-corrected chi connectivity index (χ0v) is 10.9. The molecule has 1 heterocycles. The highest BCUT2D eigenvalue weighted by molar-refractivity contribution is 5.83. The predicted octanol–water partition coefficient (Wildman–Crippen LogP) is 0.760. The van der Waals surface area contributed by atoms with E-state index in [1.807, 2.05) is 18.2 Å². The van der Waals surface area contributed by atoms with Crippen molar-refractivity contribution in [2.75, 3.05) is 13.1 Å². The first kappa shape index (κ1) is 12.6. The largest absolute Gasteiger partial charge is 0.393 e.